The van der Waals surface area contributed by atoms with Crippen molar-refractivity contribution in [3.63, 3.8) is 0 Å². The van der Waals surface area contributed by atoms with Crippen LogP contribution in [0.5, 0.6) is 5.75 Å². The summed E-state index contributed by atoms with van der Waals surface area (Å²) in [4.78, 5) is 12.7. The second-order valence-corrected chi connectivity index (χ2v) is 8.00. The van der Waals surface area contributed by atoms with Gasteiger partial charge in [0.25, 0.3) is 5.91 Å². The van der Waals surface area contributed by atoms with Gasteiger partial charge in [-0.1, -0.05) is 35.9 Å². The largest absolute Gasteiger partial charge is 0.494 e. The minimum Gasteiger partial charge on any atom is -0.494 e. The van der Waals surface area contributed by atoms with E-state index in [1.165, 1.54) is 18.2 Å². The van der Waals surface area contributed by atoms with Crippen LogP contribution in [0, 0.1) is 31.0 Å². The summed E-state index contributed by atoms with van der Waals surface area (Å²) in [5, 5.41) is 12.8. The number of benzene rings is 3. The van der Waals surface area contributed by atoms with E-state index in [0.717, 1.165) is 16.7 Å². The van der Waals surface area contributed by atoms with Crippen LogP contribution in [-0.4, -0.2) is 12.5 Å². The molecule has 0 saturated carbocycles. The summed E-state index contributed by atoms with van der Waals surface area (Å²) in [5.41, 5.74) is 4.58. The molecule has 0 fully saturated rings. The number of hydrogen-bond donors (Lipinski definition) is 1. The molecule has 33 heavy (non-hydrogen) atoms. The Bertz CT molecular complexity index is 1260. The molecule has 0 spiro atoms. The summed E-state index contributed by atoms with van der Waals surface area (Å²) >= 11 is 6.55. The lowest BCUT2D eigenvalue weighted by atomic mass is 10.0. The van der Waals surface area contributed by atoms with E-state index in [2.05, 4.69) is 5.32 Å². The highest BCUT2D eigenvalue weighted by molar-refractivity contribution is 6.31. The van der Waals surface area contributed by atoms with Gasteiger partial charge in [-0.2, -0.15) is 5.26 Å². The molecule has 3 aromatic rings. The molecule has 1 amide bonds. The Balaban J connectivity index is 1.93. The van der Waals surface area contributed by atoms with E-state index in [4.69, 9.17) is 16.3 Å². The number of ether oxygens (including phenoxy) is 1. The highest BCUT2D eigenvalue weighted by atomic mass is 35.5. The van der Waals surface area contributed by atoms with Gasteiger partial charge >= 0.3 is 0 Å². The lowest BCUT2D eigenvalue weighted by molar-refractivity contribution is -0.112. The second-order valence-electron chi connectivity index (χ2n) is 7.59. The van der Waals surface area contributed by atoms with E-state index < -0.39 is 5.91 Å². The highest BCUT2D eigenvalue weighted by Crippen LogP contribution is 2.32. The zero-order valence-electron chi connectivity index (χ0n) is 18.7. The first-order chi connectivity index (χ1) is 15.8. The van der Waals surface area contributed by atoms with E-state index in [-0.39, 0.29) is 11.4 Å². The number of carbonyl (C=O) groups is 1. The maximum Gasteiger partial charge on any atom is 0.266 e. The van der Waals surface area contributed by atoms with Crippen molar-refractivity contribution in [2.75, 3.05) is 11.9 Å². The van der Waals surface area contributed by atoms with Crippen LogP contribution < -0.4 is 10.1 Å². The van der Waals surface area contributed by atoms with E-state index >= 15 is 0 Å². The summed E-state index contributed by atoms with van der Waals surface area (Å²) in [6.07, 6.45) is 1.86. The molecule has 6 heteroatoms. The molecule has 1 N–H and O–H groups in total. The monoisotopic (exact) mass is 462 g/mol. The van der Waals surface area contributed by atoms with Gasteiger partial charge in [-0.3, -0.25) is 4.79 Å². The Morgan fingerprint density at radius 1 is 1.18 bits per heavy atom. The molecule has 0 heterocycles. The molecule has 0 aliphatic rings. The van der Waals surface area contributed by atoms with Gasteiger partial charge in [0.2, 0.25) is 0 Å². The van der Waals surface area contributed by atoms with Gasteiger partial charge in [0, 0.05) is 22.7 Å². The summed E-state index contributed by atoms with van der Waals surface area (Å²) in [6.45, 7) is 6.11. The number of rotatable bonds is 7. The summed E-state index contributed by atoms with van der Waals surface area (Å²) in [6, 6.07) is 17.2. The molecule has 0 radical (unpaired) electrons. The molecule has 3 rings (SSSR count). The summed E-state index contributed by atoms with van der Waals surface area (Å²) in [5.74, 6) is -0.313. The van der Waals surface area contributed by atoms with Gasteiger partial charge in [0.05, 0.1) is 6.61 Å². The lowest BCUT2D eigenvalue weighted by Crippen LogP contribution is -2.14. The van der Waals surface area contributed by atoms with Gasteiger partial charge in [0.15, 0.2) is 0 Å². The smallest absolute Gasteiger partial charge is 0.266 e. The fraction of sp³-hybridized carbons (Fsp3) is 0.185. The first-order valence-corrected chi connectivity index (χ1v) is 10.9. The van der Waals surface area contributed by atoms with Crippen LogP contribution in [0.2, 0.25) is 5.02 Å². The Labute approximate surface area is 198 Å². The molecular formula is C27H24ClFN2O2. The van der Waals surface area contributed by atoms with Gasteiger partial charge < -0.3 is 10.1 Å². The number of hydrogen-bond acceptors (Lipinski definition) is 3. The van der Waals surface area contributed by atoms with Crippen LogP contribution in [0.15, 0.2) is 60.2 Å². The third kappa shape index (κ3) is 6.00. The zero-order chi connectivity index (χ0) is 24.0. The topological polar surface area (TPSA) is 62.1 Å². The Kier molecular flexibility index (Phi) is 7.87. The van der Waals surface area contributed by atoms with E-state index in [0.29, 0.717) is 40.6 Å². The van der Waals surface area contributed by atoms with Crippen LogP contribution >= 0.6 is 11.6 Å². The average Bonchev–Trinajstić information content (AvgIpc) is 2.77. The minimum atomic E-state index is -0.510. The van der Waals surface area contributed by atoms with Crippen LogP contribution in [0.25, 0.3) is 6.08 Å². The number of nitrogens with zero attached hydrogens (tertiary/aromatic N) is 1. The number of nitriles is 1. The van der Waals surface area contributed by atoms with Gasteiger partial charge in [-0.15, -0.1) is 0 Å². The van der Waals surface area contributed by atoms with Crippen LogP contribution in [0.4, 0.5) is 10.1 Å². The van der Waals surface area contributed by atoms with Crippen molar-refractivity contribution < 1.29 is 13.9 Å². The van der Waals surface area contributed by atoms with Gasteiger partial charge in [0.1, 0.15) is 23.2 Å². The molecule has 0 atom stereocenters. The summed E-state index contributed by atoms with van der Waals surface area (Å²) < 4.78 is 19.4. The molecule has 0 aliphatic carbocycles. The van der Waals surface area contributed by atoms with Crippen molar-refractivity contribution in [1.29, 1.82) is 5.26 Å². The maximum absolute atomic E-state index is 13.6. The predicted octanol–water partition coefficient (Wildman–Crippen LogP) is 6.63. The third-order valence-corrected chi connectivity index (χ3v) is 5.61. The summed E-state index contributed by atoms with van der Waals surface area (Å²) in [7, 11) is 0. The number of halogens is 2. The van der Waals surface area contributed by atoms with Gasteiger partial charge in [-0.25, -0.2) is 4.39 Å². The number of nitrogens with one attached hydrogen (secondary N) is 1. The number of aryl methyl sites for hydroxylation is 1. The fourth-order valence-corrected chi connectivity index (χ4v) is 3.70. The van der Waals surface area contributed by atoms with E-state index in [9.17, 15) is 14.4 Å². The SMILES string of the molecule is CCOc1cc(/C=C(\C#N)C(=O)Nc2cccc(C)c2C)cc(Cl)c1Cc1cccc(F)c1. The molecule has 0 saturated heterocycles. The molecular weight excluding hydrogens is 439 g/mol. The Hall–Kier alpha value is -3.62. The number of anilines is 1. The predicted molar refractivity (Wildman–Crippen MR) is 130 cm³/mol. The van der Waals surface area contributed by atoms with Crippen LogP contribution in [0.1, 0.15) is 34.7 Å². The minimum absolute atomic E-state index is 0.0627. The molecule has 3 aromatic carbocycles. The maximum atomic E-state index is 13.6. The third-order valence-electron chi connectivity index (χ3n) is 5.28. The lowest BCUT2D eigenvalue weighted by Gasteiger charge is -2.14. The number of amides is 1. The Morgan fingerprint density at radius 2 is 1.94 bits per heavy atom. The first kappa shape index (κ1) is 24.0. The standard InChI is InChI=1S/C27H24ClFN2O2/c1-4-33-26-15-20(14-24(28)23(26)13-19-8-6-9-22(29)12-19)11-21(16-30)27(32)31-25-10-5-7-17(2)18(25)3/h5-12,14-15H,4,13H2,1-3H3,(H,31,32)/b21-11+. The van der Waals surface area contributed by atoms with Crippen LogP contribution in [0.3, 0.4) is 0 Å². The molecule has 0 aliphatic heterocycles. The van der Waals surface area contributed by atoms with E-state index in [1.54, 1.807) is 24.3 Å². The van der Waals surface area contributed by atoms with Crippen molar-refractivity contribution in [3.05, 3.63) is 98.8 Å². The van der Waals surface area contributed by atoms with Crippen molar-refractivity contribution in [3.8, 4) is 11.8 Å². The van der Waals surface area contributed by atoms with Gasteiger partial charge in [-0.05, 0) is 79.4 Å². The normalized spacial score (nSPS) is 11.1. The number of carbonyl (C=O) groups excluding carboxylic acids is 1. The first-order valence-electron chi connectivity index (χ1n) is 10.5. The molecule has 168 valence electrons. The molecule has 0 aromatic heterocycles. The van der Waals surface area contributed by atoms with Crippen molar-refractivity contribution in [2.45, 2.75) is 27.2 Å². The molecule has 0 unspecified atom stereocenters. The average molecular weight is 463 g/mol. The Morgan fingerprint density at radius 3 is 2.64 bits per heavy atom. The fourth-order valence-electron chi connectivity index (χ4n) is 3.41. The van der Waals surface area contributed by atoms with Crippen molar-refractivity contribution in [1.82, 2.24) is 0 Å². The second kappa shape index (κ2) is 10.8. The molecule has 0 bridgehead atoms. The zero-order valence-corrected chi connectivity index (χ0v) is 19.5. The van der Waals surface area contributed by atoms with Crippen molar-refractivity contribution in [2.24, 2.45) is 0 Å². The van der Waals surface area contributed by atoms with E-state index in [1.807, 2.05) is 45.0 Å². The molecule has 4 nitrogen and oxygen atoms in total. The van der Waals surface area contributed by atoms with Crippen molar-refractivity contribution >= 4 is 29.3 Å². The quantitative estimate of drug-likeness (QED) is 0.316. The van der Waals surface area contributed by atoms with Crippen LogP contribution in [-0.2, 0) is 11.2 Å². The highest BCUT2D eigenvalue weighted by Gasteiger charge is 2.15.